The molecular formula is C17H20N2O3S2. The number of rotatable bonds is 4. The van der Waals surface area contributed by atoms with Crippen molar-refractivity contribution in [1.82, 2.24) is 9.21 Å². The molecule has 0 spiro atoms. The molecule has 2 aromatic rings. The fourth-order valence-corrected chi connectivity index (χ4v) is 4.77. The summed E-state index contributed by atoms with van der Waals surface area (Å²) in [5.74, 6) is -0.110. The van der Waals surface area contributed by atoms with Gasteiger partial charge in [0.05, 0.1) is 10.9 Å². The van der Waals surface area contributed by atoms with Crippen molar-refractivity contribution in [2.24, 2.45) is 0 Å². The van der Waals surface area contributed by atoms with Gasteiger partial charge in [0.2, 0.25) is 10.0 Å². The molecule has 1 amide bonds. The number of carbonyl (C=O) groups excluding carboxylic acids is 1. The van der Waals surface area contributed by atoms with E-state index in [1.165, 1.54) is 31.1 Å². The van der Waals surface area contributed by atoms with Crippen molar-refractivity contribution in [2.45, 2.75) is 23.8 Å². The van der Waals surface area contributed by atoms with Crippen LogP contribution in [0, 0.1) is 0 Å². The minimum absolute atomic E-state index is 0.0895. The summed E-state index contributed by atoms with van der Waals surface area (Å²) in [5, 5.41) is 2.01. The zero-order chi connectivity index (χ0) is 17.3. The van der Waals surface area contributed by atoms with E-state index in [0.717, 1.165) is 17.1 Å². The standard InChI is InChI=1S/C17H20N2O3S2/c1-18(2)24(21,22)14-7-3-6-13(12-14)17(20)19-10-4-8-15(19)16-9-5-11-23-16/h3,5-7,9,11-12,15H,4,8,10H2,1-2H3. The summed E-state index contributed by atoms with van der Waals surface area (Å²) in [7, 11) is -0.582. The SMILES string of the molecule is CN(C)S(=O)(=O)c1cccc(C(=O)N2CCCC2c2cccs2)c1. The first kappa shape index (κ1) is 17.1. The van der Waals surface area contributed by atoms with Crippen molar-refractivity contribution < 1.29 is 13.2 Å². The maximum absolute atomic E-state index is 12.9. The number of benzene rings is 1. The molecule has 7 heteroatoms. The lowest BCUT2D eigenvalue weighted by molar-refractivity contribution is 0.0737. The third-order valence-electron chi connectivity index (χ3n) is 4.24. The molecule has 128 valence electrons. The quantitative estimate of drug-likeness (QED) is 0.838. The highest BCUT2D eigenvalue weighted by Gasteiger charge is 2.31. The number of carbonyl (C=O) groups is 1. The molecule has 2 heterocycles. The summed E-state index contributed by atoms with van der Waals surface area (Å²) >= 11 is 1.65. The minimum Gasteiger partial charge on any atom is -0.331 e. The summed E-state index contributed by atoms with van der Waals surface area (Å²) in [5.41, 5.74) is 0.418. The van der Waals surface area contributed by atoms with Gasteiger partial charge in [-0.3, -0.25) is 4.79 Å². The van der Waals surface area contributed by atoms with E-state index < -0.39 is 10.0 Å². The Morgan fingerprint density at radius 2 is 2.04 bits per heavy atom. The molecule has 1 aromatic heterocycles. The molecule has 1 aliphatic rings. The largest absolute Gasteiger partial charge is 0.331 e. The molecule has 0 bridgehead atoms. The highest BCUT2D eigenvalue weighted by atomic mass is 32.2. The minimum atomic E-state index is -3.55. The Kier molecular flexibility index (Phi) is 4.76. The van der Waals surface area contributed by atoms with Crippen molar-refractivity contribution >= 4 is 27.3 Å². The number of nitrogens with zero attached hydrogens (tertiary/aromatic N) is 2. The average Bonchev–Trinajstić information content (AvgIpc) is 3.24. The van der Waals surface area contributed by atoms with Gasteiger partial charge in [-0.1, -0.05) is 12.1 Å². The van der Waals surface area contributed by atoms with Gasteiger partial charge in [0, 0.05) is 31.1 Å². The van der Waals surface area contributed by atoms with E-state index >= 15 is 0 Å². The lowest BCUT2D eigenvalue weighted by atomic mass is 10.1. The third-order valence-corrected chi connectivity index (χ3v) is 7.03. The summed E-state index contributed by atoms with van der Waals surface area (Å²) in [6.07, 6.45) is 1.91. The van der Waals surface area contributed by atoms with Crippen molar-refractivity contribution in [3.8, 4) is 0 Å². The first-order valence-corrected chi connectivity index (χ1v) is 10.1. The van der Waals surface area contributed by atoms with Gasteiger partial charge in [-0.2, -0.15) is 0 Å². The summed E-state index contributed by atoms with van der Waals surface area (Å²) in [6, 6.07) is 10.4. The second kappa shape index (κ2) is 6.66. The molecule has 1 unspecified atom stereocenters. The van der Waals surface area contributed by atoms with Crippen LogP contribution in [0.2, 0.25) is 0 Å². The van der Waals surface area contributed by atoms with Crippen LogP contribution in [-0.4, -0.2) is 44.2 Å². The zero-order valence-electron chi connectivity index (χ0n) is 13.7. The molecule has 1 saturated heterocycles. The van der Waals surface area contributed by atoms with Crippen molar-refractivity contribution in [3.63, 3.8) is 0 Å². The van der Waals surface area contributed by atoms with Crippen LogP contribution < -0.4 is 0 Å². The lowest BCUT2D eigenvalue weighted by Gasteiger charge is -2.24. The Morgan fingerprint density at radius 1 is 1.25 bits per heavy atom. The van der Waals surface area contributed by atoms with Crippen LogP contribution in [0.5, 0.6) is 0 Å². The van der Waals surface area contributed by atoms with Gasteiger partial charge in [-0.05, 0) is 42.5 Å². The van der Waals surface area contributed by atoms with Crippen LogP contribution in [0.1, 0.15) is 34.1 Å². The first-order valence-electron chi connectivity index (χ1n) is 7.78. The van der Waals surface area contributed by atoms with Crippen LogP contribution in [0.25, 0.3) is 0 Å². The third kappa shape index (κ3) is 3.11. The predicted octanol–water partition coefficient (Wildman–Crippen LogP) is 2.98. The van der Waals surface area contributed by atoms with Crippen LogP contribution >= 0.6 is 11.3 Å². The highest BCUT2D eigenvalue weighted by Crippen LogP contribution is 2.35. The molecule has 0 radical (unpaired) electrons. The monoisotopic (exact) mass is 364 g/mol. The van der Waals surface area contributed by atoms with E-state index in [9.17, 15) is 13.2 Å². The predicted molar refractivity (Wildman–Crippen MR) is 94.6 cm³/mol. The molecular weight excluding hydrogens is 344 g/mol. The van der Waals surface area contributed by atoms with E-state index in [2.05, 4.69) is 0 Å². The molecule has 1 aromatic carbocycles. The van der Waals surface area contributed by atoms with Crippen LogP contribution in [0.3, 0.4) is 0 Å². The Hall–Kier alpha value is -1.70. The van der Waals surface area contributed by atoms with Crippen molar-refractivity contribution in [2.75, 3.05) is 20.6 Å². The summed E-state index contributed by atoms with van der Waals surface area (Å²) in [4.78, 5) is 16.1. The van der Waals surface area contributed by atoms with Crippen LogP contribution in [0.15, 0.2) is 46.7 Å². The van der Waals surface area contributed by atoms with Gasteiger partial charge in [0.1, 0.15) is 0 Å². The second-order valence-corrected chi connectivity index (χ2v) is 9.12. The number of sulfonamides is 1. The molecule has 0 N–H and O–H groups in total. The summed E-state index contributed by atoms with van der Waals surface area (Å²) in [6.45, 7) is 0.700. The van der Waals surface area contributed by atoms with E-state index in [0.29, 0.717) is 12.1 Å². The van der Waals surface area contributed by atoms with Gasteiger partial charge in [-0.25, -0.2) is 12.7 Å². The fourth-order valence-electron chi connectivity index (χ4n) is 2.95. The number of thiophene rings is 1. The number of amides is 1. The highest BCUT2D eigenvalue weighted by molar-refractivity contribution is 7.89. The number of hydrogen-bond donors (Lipinski definition) is 0. The Morgan fingerprint density at radius 3 is 2.71 bits per heavy atom. The van der Waals surface area contributed by atoms with Gasteiger partial charge >= 0.3 is 0 Å². The Labute approximate surface area is 146 Å². The lowest BCUT2D eigenvalue weighted by Crippen LogP contribution is -2.30. The van der Waals surface area contributed by atoms with Gasteiger partial charge in [-0.15, -0.1) is 11.3 Å². The molecule has 5 nitrogen and oxygen atoms in total. The molecule has 1 atom stereocenters. The maximum Gasteiger partial charge on any atom is 0.254 e. The van der Waals surface area contributed by atoms with Crippen LogP contribution in [-0.2, 0) is 10.0 Å². The number of hydrogen-bond acceptors (Lipinski definition) is 4. The molecule has 0 saturated carbocycles. The first-order chi connectivity index (χ1) is 11.4. The molecule has 0 aliphatic carbocycles. The Balaban J connectivity index is 1.91. The van der Waals surface area contributed by atoms with Gasteiger partial charge in [0.25, 0.3) is 5.91 Å². The molecule has 3 rings (SSSR count). The normalized spacial score (nSPS) is 18.3. The molecule has 1 fully saturated rings. The maximum atomic E-state index is 12.9. The topological polar surface area (TPSA) is 57.7 Å². The smallest absolute Gasteiger partial charge is 0.254 e. The van der Waals surface area contributed by atoms with E-state index in [-0.39, 0.29) is 16.8 Å². The van der Waals surface area contributed by atoms with Crippen LogP contribution in [0.4, 0.5) is 0 Å². The van der Waals surface area contributed by atoms with Crippen molar-refractivity contribution in [3.05, 3.63) is 52.2 Å². The molecule has 1 aliphatic heterocycles. The average molecular weight is 364 g/mol. The van der Waals surface area contributed by atoms with Gasteiger partial charge < -0.3 is 4.90 Å². The fraction of sp³-hybridized carbons (Fsp3) is 0.353. The van der Waals surface area contributed by atoms with E-state index in [1.807, 2.05) is 22.4 Å². The number of likely N-dealkylation sites (tertiary alicyclic amines) is 1. The van der Waals surface area contributed by atoms with E-state index in [4.69, 9.17) is 0 Å². The molecule has 24 heavy (non-hydrogen) atoms. The zero-order valence-corrected chi connectivity index (χ0v) is 15.3. The summed E-state index contributed by atoms with van der Waals surface area (Å²) < 4.78 is 25.7. The van der Waals surface area contributed by atoms with Gasteiger partial charge in [0.15, 0.2) is 0 Å². The van der Waals surface area contributed by atoms with Crippen molar-refractivity contribution in [1.29, 1.82) is 0 Å². The second-order valence-electron chi connectivity index (χ2n) is 5.99. The van der Waals surface area contributed by atoms with E-state index in [1.54, 1.807) is 23.5 Å². The Bertz CT molecular complexity index is 829.